The lowest BCUT2D eigenvalue weighted by Crippen LogP contribution is -2.52. The van der Waals surface area contributed by atoms with Crippen molar-refractivity contribution in [1.82, 2.24) is 15.7 Å². The number of ether oxygens (including phenoxy) is 1. The fraction of sp³-hybridized carbons (Fsp3) is 0.550. The van der Waals surface area contributed by atoms with Crippen LogP contribution in [0.4, 0.5) is 4.79 Å². The molecule has 1 unspecified atom stereocenters. The molecule has 0 aliphatic heterocycles. The van der Waals surface area contributed by atoms with E-state index in [9.17, 15) is 28.9 Å². The molecule has 1 rings (SSSR count). The molecule has 0 aliphatic rings. The van der Waals surface area contributed by atoms with E-state index in [0.29, 0.717) is 0 Å². The molecule has 0 spiro atoms. The van der Waals surface area contributed by atoms with Gasteiger partial charge in [-0.25, -0.2) is 14.7 Å². The molecule has 11 heteroatoms. The lowest BCUT2D eigenvalue weighted by molar-refractivity contribution is -0.142. The molecule has 0 bridgehead atoms. The fourth-order valence-electron chi connectivity index (χ4n) is 2.67. The molecule has 1 aromatic carbocycles. The van der Waals surface area contributed by atoms with E-state index in [1.807, 2.05) is 19.9 Å². The topological polar surface area (TPSA) is 154 Å². The van der Waals surface area contributed by atoms with Gasteiger partial charge < -0.3 is 25.4 Å². The van der Waals surface area contributed by atoms with E-state index in [1.54, 1.807) is 38.1 Å². The maximum Gasteiger partial charge on any atom is 0.407 e. The van der Waals surface area contributed by atoms with E-state index in [2.05, 4.69) is 15.7 Å². The SMILES string of the molecule is CC(C)C[C@H](NC(=O)[C@@H](NP(=O)(O)CNC(=O)OCc1ccccc1)C(C)C)C(=O)O. The summed E-state index contributed by atoms with van der Waals surface area (Å²) in [5.41, 5.74) is 0.758. The monoisotopic (exact) mass is 457 g/mol. The van der Waals surface area contributed by atoms with Crippen molar-refractivity contribution in [3.63, 3.8) is 0 Å². The Balaban J connectivity index is 2.64. The first-order valence-corrected chi connectivity index (χ1v) is 11.8. The van der Waals surface area contributed by atoms with Crippen LogP contribution in [0.2, 0.25) is 0 Å². The Kier molecular flexibility index (Phi) is 10.7. The number of amides is 2. The van der Waals surface area contributed by atoms with Gasteiger partial charge in [0.25, 0.3) is 7.52 Å². The Morgan fingerprint density at radius 2 is 1.71 bits per heavy atom. The van der Waals surface area contributed by atoms with E-state index in [0.717, 1.165) is 5.56 Å². The summed E-state index contributed by atoms with van der Waals surface area (Å²) in [5, 5.41) is 16.3. The highest BCUT2D eigenvalue weighted by molar-refractivity contribution is 7.55. The molecule has 0 saturated heterocycles. The number of alkyl carbamates (subject to hydrolysis) is 1. The van der Waals surface area contributed by atoms with Crippen molar-refractivity contribution < 1.29 is 33.7 Å². The molecule has 0 fully saturated rings. The van der Waals surface area contributed by atoms with Gasteiger partial charge in [0.15, 0.2) is 0 Å². The lowest BCUT2D eigenvalue weighted by Gasteiger charge is -2.26. The number of benzene rings is 1. The van der Waals surface area contributed by atoms with Gasteiger partial charge in [0.05, 0.1) is 6.04 Å². The summed E-state index contributed by atoms with van der Waals surface area (Å²) >= 11 is 0. The smallest absolute Gasteiger partial charge is 0.407 e. The molecule has 174 valence electrons. The first-order valence-electron chi connectivity index (χ1n) is 9.98. The standard InChI is InChI=1S/C20H32N3O7P/c1-13(2)10-16(19(25)26)22-18(24)17(14(3)4)23-31(28,29)12-21-20(27)30-11-15-8-6-5-7-9-15/h5-9,13-14,16-17H,10-12H2,1-4H3,(H,21,27)(H,22,24)(H,25,26)(H2,23,28,29)/t16-,17-/m0/s1. The second-order valence-electron chi connectivity index (χ2n) is 7.98. The summed E-state index contributed by atoms with van der Waals surface area (Å²) in [6.07, 6.45) is -1.32. The average Bonchev–Trinajstić information content (AvgIpc) is 2.68. The van der Waals surface area contributed by atoms with Gasteiger partial charge in [-0.15, -0.1) is 0 Å². The first kappa shape index (κ1) is 26.6. The Labute approximate surface area is 182 Å². The third kappa shape index (κ3) is 10.4. The van der Waals surface area contributed by atoms with Crippen molar-refractivity contribution in [1.29, 1.82) is 0 Å². The van der Waals surface area contributed by atoms with Crippen LogP contribution in [0.5, 0.6) is 0 Å². The Morgan fingerprint density at radius 3 is 2.23 bits per heavy atom. The maximum absolute atomic E-state index is 12.6. The van der Waals surface area contributed by atoms with Crippen molar-refractivity contribution >= 4 is 25.5 Å². The minimum Gasteiger partial charge on any atom is -0.480 e. The van der Waals surface area contributed by atoms with E-state index < -0.39 is 49.8 Å². The molecular weight excluding hydrogens is 425 g/mol. The second kappa shape index (κ2) is 12.4. The third-order valence-electron chi connectivity index (χ3n) is 4.26. The highest BCUT2D eigenvalue weighted by atomic mass is 31.2. The van der Waals surface area contributed by atoms with Crippen LogP contribution in [0, 0.1) is 11.8 Å². The van der Waals surface area contributed by atoms with Gasteiger partial charge in [0.2, 0.25) is 5.91 Å². The number of nitrogens with one attached hydrogen (secondary N) is 3. The van der Waals surface area contributed by atoms with Crippen LogP contribution in [0.3, 0.4) is 0 Å². The molecule has 10 nitrogen and oxygen atoms in total. The molecule has 0 saturated carbocycles. The summed E-state index contributed by atoms with van der Waals surface area (Å²) in [4.78, 5) is 45.9. The number of aliphatic carboxylic acids is 1. The minimum absolute atomic E-state index is 0.000709. The zero-order chi connectivity index (χ0) is 23.6. The number of hydrogen-bond donors (Lipinski definition) is 5. The zero-order valence-corrected chi connectivity index (χ0v) is 19.1. The zero-order valence-electron chi connectivity index (χ0n) is 18.2. The molecule has 3 atom stereocenters. The predicted octanol–water partition coefficient (Wildman–Crippen LogP) is 2.29. The number of carboxylic acid groups (broad SMARTS) is 1. The minimum atomic E-state index is -4.17. The van der Waals surface area contributed by atoms with Crippen molar-refractivity contribution in [2.45, 2.75) is 52.8 Å². The van der Waals surface area contributed by atoms with Gasteiger partial charge in [-0.1, -0.05) is 58.0 Å². The van der Waals surface area contributed by atoms with Crippen LogP contribution in [-0.2, 0) is 25.5 Å². The van der Waals surface area contributed by atoms with E-state index >= 15 is 0 Å². The number of carbonyl (C=O) groups excluding carboxylic acids is 2. The predicted molar refractivity (Wildman–Crippen MR) is 115 cm³/mol. The van der Waals surface area contributed by atoms with E-state index in [4.69, 9.17) is 4.74 Å². The molecule has 0 aromatic heterocycles. The third-order valence-corrected chi connectivity index (χ3v) is 5.53. The maximum atomic E-state index is 12.6. The van der Waals surface area contributed by atoms with Crippen molar-refractivity contribution in [2.24, 2.45) is 11.8 Å². The van der Waals surface area contributed by atoms with Gasteiger partial charge in [-0.2, -0.15) is 0 Å². The summed E-state index contributed by atoms with van der Waals surface area (Å²) in [6.45, 7) is 6.95. The van der Waals surface area contributed by atoms with Crippen LogP contribution in [-0.4, -0.2) is 46.3 Å². The van der Waals surface area contributed by atoms with Crippen LogP contribution >= 0.6 is 7.52 Å². The number of hydrogen-bond acceptors (Lipinski definition) is 5. The van der Waals surface area contributed by atoms with E-state index in [1.165, 1.54) is 0 Å². The molecule has 0 heterocycles. The van der Waals surface area contributed by atoms with Gasteiger partial charge >= 0.3 is 12.1 Å². The number of carboxylic acids is 1. The molecule has 31 heavy (non-hydrogen) atoms. The van der Waals surface area contributed by atoms with Crippen LogP contribution < -0.4 is 15.7 Å². The summed E-state index contributed by atoms with van der Waals surface area (Å²) in [7, 11) is -4.17. The number of carbonyl (C=O) groups is 3. The van der Waals surface area contributed by atoms with Crippen LogP contribution in [0.15, 0.2) is 30.3 Å². The van der Waals surface area contributed by atoms with E-state index in [-0.39, 0.29) is 18.9 Å². The quantitative estimate of drug-likeness (QED) is 0.300. The molecule has 1 aromatic rings. The molecule has 0 radical (unpaired) electrons. The summed E-state index contributed by atoms with van der Waals surface area (Å²) in [6, 6.07) is 6.68. The molecular formula is C20H32N3O7P. The van der Waals surface area contributed by atoms with Crippen molar-refractivity contribution in [3.8, 4) is 0 Å². The normalized spacial score (nSPS) is 15.1. The Hall–Kier alpha value is -2.42. The fourth-order valence-corrected chi connectivity index (χ4v) is 3.96. The average molecular weight is 457 g/mol. The van der Waals surface area contributed by atoms with Crippen molar-refractivity contribution in [2.75, 3.05) is 6.29 Å². The number of rotatable bonds is 12. The van der Waals surface area contributed by atoms with Crippen LogP contribution in [0.25, 0.3) is 0 Å². The van der Waals surface area contributed by atoms with Gasteiger partial charge in [-0.05, 0) is 23.8 Å². The highest BCUT2D eigenvalue weighted by Gasteiger charge is 2.33. The largest absolute Gasteiger partial charge is 0.480 e. The summed E-state index contributed by atoms with van der Waals surface area (Å²) < 4.78 is 17.5. The first-order chi connectivity index (χ1) is 14.4. The lowest BCUT2D eigenvalue weighted by atomic mass is 10.0. The molecule has 0 aliphatic carbocycles. The second-order valence-corrected chi connectivity index (χ2v) is 9.96. The Bertz CT molecular complexity index is 786. The van der Waals surface area contributed by atoms with Gasteiger partial charge in [0.1, 0.15) is 18.9 Å². The van der Waals surface area contributed by atoms with Crippen molar-refractivity contribution in [3.05, 3.63) is 35.9 Å². The Morgan fingerprint density at radius 1 is 1.10 bits per heavy atom. The van der Waals surface area contributed by atoms with Gasteiger partial charge in [-0.3, -0.25) is 9.36 Å². The highest BCUT2D eigenvalue weighted by Crippen LogP contribution is 2.35. The molecule has 5 N–H and O–H groups in total. The van der Waals surface area contributed by atoms with Crippen LogP contribution in [0.1, 0.15) is 39.7 Å². The molecule has 2 amide bonds. The summed E-state index contributed by atoms with van der Waals surface area (Å²) in [5.74, 6) is -2.27. The van der Waals surface area contributed by atoms with Gasteiger partial charge in [0, 0.05) is 0 Å².